The third-order valence-electron chi connectivity index (χ3n) is 2.17. The number of aromatic nitrogens is 1. The Bertz CT molecular complexity index is 461. The molecule has 1 aliphatic heterocycles. The van der Waals surface area contributed by atoms with Crippen LogP contribution in [-0.2, 0) is 11.3 Å². The van der Waals surface area contributed by atoms with Gasteiger partial charge in [-0.1, -0.05) is 24.3 Å². The van der Waals surface area contributed by atoms with E-state index in [4.69, 9.17) is 4.74 Å². The molecule has 14 heavy (non-hydrogen) atoms. The zero-order valence-electron chi connectivity index (χ0n) is 7.91. The molecule has 0 aromatic rings. The predicted molar refractivity (Wildman–Crippen MR) is 54.4 cm³/mol. The normalized spacial score (nSPS) is 10.6. The number of fused-ring (bicyclic) bond motifs is 1. The van der Waals surface area contributed by atoms with Crippen LogP contribution in [0.3, 0.4) is 0 Å². The Morgan fingerprint density at radius 2 is 2.07 bits per heavy atom. The van der Waals surface area contributed by atoms with Gasteiger partial charge in [-0.05, 0) is 6.07 Å². The van der Waals surface area contributed by atoms with E-state index in [-0.39, 0.29) is 5.56 Å². The van der Waals surface area contributed by atoms with Crippen LogP contribution < -0.4 is 5.56 Å². The quantitative estimate of drug-likeness (QED) is 0.780. The van der Waals surface area contributed by atoms with Gasteiger partial charge in [0.05, 0.1) is 12.2 Å². The summed E-state index contributed by atoms with van der Waals surface area (Å²) in [6.07, 6.45) is 0. The average Bonchev–Trinajstić information content (AvgIpc) is 2.39. The number of aromatic amines is 1. The first-order chi connectivity index (χ1) is 6.83. The summed E-state index contributed by atoms with van der Waals surface area (Å²) in [7, 11) is 1.58. The van der Waals surface area contributed by atoms with Crippen LogP contribution in [0.4, 0.5) is 0 Å². The van der Waals surface area contributed by atoms with E-state index in [0.717, 1.165) is 11.3 Å². The molecule has 1 N–H and O–H groups in total. The predicted octanol–water partition coefficient (Wildman–Crippen LogP) is 1.63. The van der Waals surface area contributed by atoms with E-state index in [1.165, 1.54) is 0 Å². The summed E-state index contributed by atoms with van der Waals surface area (Å²) >= 11 is 0. The average molecular weight is 189 g/mol. The minimum absolute atomic E-state index is 0.0620. The van der Waals surface area contributed by atoms with E-state index in [1.54, 1.807) is 7.11 Å². The maximum Gasteiger partial charge on any atom is 0.254 e. The summed E-state index contributed by atoms with van der Waals surface area (Å²) < 4.78 is 4.99. The van der Waals surface area contributed by atoms with Crippen molar-refractivity contribution in [2.24, 2.45) is 0 Å². The van der Waals surface area contributed by atoms with Gasteiger partial charge in [-0.2, -0.15) is 0 Å². The van der Waals surface area contributed by atoms with Gasteiger partial charge in [0.1, 0.15) is 0 Å². The Morgan fingerprint density at radius 3 is 2.86 bits per heavy atom. The monoisotopic (exact) mass is 189 g/mol. The molecule has 0 aromatic heterocycles. The number of nitrogens with one attached hydrogen (secondary N) is 1. The maximum absolute atomic E-state index is 11.5. The van der Waals surface area contributed by atoms with Gasteiger partial charge in [-0.25, -0.2) is 0 Å². The van der Waals surface area contributed by atoms with E-state index < -0.39 is 0 Å². The number of methoxy groups -OCH3 is 1. The first-order valence-corrected chi connectivity index (χ1v) is 4.42. The first kappa shape index (κ1) is 8.97. The van der Waals surface area contributed by atoms with Crippen molar-refractivity contribution in [3.8, 4) is 11.3 Å². The van der Waals surface area contributed by atoms with Crippen LogP contribution in [0.15, 0.2) is 35.1 Å². The van der Waals surface area contributed by atoms with Crippen molar-refractivity contribution in [3.63, 3.8) is 0 Å². The highest BCUT2D eigenvalue weighted by Crippen LogP contribution is 2.20. The topological polar surface area (TPSA) is 42.1 Å². The Balaban J connectivity index is 2.65. The molecule has 0 bridgehead atoms. The molecule has 2 aliphatic rings. The van der Waals surface area contributed by atoms with E-state index >= 15 is 0 Å². The van der Waals surface area contributed by atoms with E-state index in [9.17, 15) is 4.79 Å². The first-order valence-electron chi connectivity index (χ1n) is 4.42. The second-order valence-corrected chi connectivity index (χ2v) is 3.10. The number of hydrogen-bond donors (Lipinski definition) is 1. The van der Waals surface area contributed by atoms with Crippen molar-refractivity contribution in [2.45, 2.75) is 6.61 Å². The molecule has 0 saturated heterocycles. The lowest BCUT2D eigenvalue weighted by Crippen LogP contribution is -2.05. The number of hydrogen-bond acceptors (Lipinski definition) is 2. The van der Waals surface area contributed by atoms with Gasteiger partial charge in [-0.3, -0.25) is 4.79 Å². The van der Waals surface area contributed by atoms with Crippen molar-refractivity contribution in [1.82, 2.24) is 4.98 Å². The molecule has 0 spiro atoms. The highest BCUT2D eigenvalue weighted by Gasteiger charge is 2.12. The molecular formula is C11H11NO2. The molecule has 0 radical (unpaired) electrons. The summed E-state index contributed by atoms with van der Waals surface area (Å²) in [6.45, 7) is 0.350. The number of H-pyrrole nitrogens is 1. The van der Waals surface area contributed by atoms with Gasteiger partial charge in [0.2, 0.25) is 0 Å². The van der Waals surface area contributed by atoms with Gasteiger partial charge in [0.15, 0.2) is 0 Å². The molecule has 0 unspecified atom stereocenters. The second-order valence-electron chi connectivity index (χ2n) is 3.10. The molecule has 0 atom stereocenters. The van der Waals surface area contributed by atoms with Gasteiger partial charge >= 0.3 is 0 Å². The lowest BCUT2D eigenvalue weighted by atomic mass is 10.1. The molecule has 1 aliphatic carbocycles. The highest BCUT2D eigenvalue weighted by molar-refractivity contribution is 5.64. The summed E-state index contributed by atoms with van der Waals surface area (Å²) in [6, 6.07) is 9.54. The van der Waals surface area contributed by atoms with Crippen molar-refractivity contribution in [2.75, 3.05) is 7.11 Å². The zero-order chi connectivity index (χ0) is 9.97. The van der Waals surface area contributed by atoms with E-state index in [1.807, 2.05) is 30.3 Å². The van der Waals surface area contributed by atoms with Crippen LogP contribution >= 0.6 is 0 Å². The molecular weight excluding hydrogens is 178 g/mol. The lowest BCUT2D eigenvalue weighted by molar-refractivity contribution is 0.184. The van der Waals surface area contributed by atoms with Crippen LogP contribution in [0.5, 0.6) is 0 Å². The minimum Gasteiger partial charge on any atom is -0.380 e. The highest BCUT2D eigenvalue weighted by atomic mass is 16.5. The Labute approximate surface area is 81.7 Å². The van der Waals surface area contributed by atoms with Gasteiger partial charge in [0.25, 0.3) is 5.56 Å². The zero-order valence-corrected chi connectivity index (χ0v) is 7.91. The molecule has 3 heteroatoms. The van der Waals surface area contributed by atoms with Crippen LogP contribution in [0.25, 0.3) is 11.3 Å². The van der Waals surface area contributed by atoms with Crippen molar-refractivity contribution < 1.29 is 4.74 Å². The van der Waals surface area contributed by atoms with Crippen molar-refractivity contribution in [1.29, 1.82) is 0 Å². The third-order valence-corrected chi connectivity index (χ3v) is 2.17. The largest absolute Gasteiger partial charge is 0.380 e. The second kappa shape index (κ2) is 3.64. The summed E-state index contributed by atoms with van der Waals surface area (Å²) in [5.74, 6) is 0. The molecule has 2 rings (SSSR count). The fraction of sp³-hybridized carbons (Fsp3) is 0.182. The molecule has 0 saturated carbocycles. The Hall–Kier alpha value is -1.61. The maximum atomic E-state index is 11.5. The summed E-state index contributed by atoms with van der Waals surface area (Å²) in [5, 5.41) is 0. The fourth-order valence-electron chi connectivity index (χ4n) is 1.53. The molecule has 0 amide bonds. The molecule has 0 aromatic carbocycles. The molecule has 0 fully saturated rings. The van der Waals surface area contributed by atoms with Crippen molar-refractivity contribution in [3.05, 3.63) is 46.2 Å². The molecule has 1 heterocycles. The minimum atomic E-state index is -0.0620. The molecule has 3 nitrogen and oxygen atoms in total. The number of rotatable bonds is 2. The standard InChI is InChI=1S/C11H11NO2/c1-14-7-9-8-5-3-2-4-6-10(8)12-11(9)13/h2-6H,7H2,1H3,(H,12,13). The smallest absolute Gasteiger partial charge is 0.254 e. The number of ether oxygens (including phenoxy) is 1. The van der Waals surface area contributed by atoms with E-state index in [2.05, 4.69) is 4.98 Å². The van der Waals surface area contributed by atoms with Crippen molar-refractivity contribution >= 4 is 0 Å². The van der Waals surface area contributed by atoms with Crippen LogP contribution in [0, 0.1) is 0 Å². The Kier molecular flexibility index (Phi) is 2.33. The van der Waals surface area contributed by atoms with Crippen LogP contribution in [0.1, 0.15) is 5.56 Å². The Morgan fingerprint density at radius 1 is 1.29 bits per heavy atom. The van der Waals surface area contributed by atoms with Gasteiger partial charge in [-0.15, -0.1) is 0 Å². The van der Waals surface area contributed by atoms with E-state index in [0.29, 0.717) is 12.2 Å². The SMILES string of the molecule is COCc1c2cccccc-2[nH]c1=O. The van der Waals surface area contributed by atoms with Crippen LogP contribution in [0.2, 0.25) is 0 Å². The summed E-state index contributed by atoms with van der Waals surface area (Å²) in [5.41, 5.74) is 2.42. The van der Waals surface area contributed by atoms with Gasteiger partial charge in [0, 0.05) is 18.4 Å². The summed E-state index contributed by atoms with van der Waals surface area (Å²) in [4.78, 5) is 14.3. The molecule has 72 valence electrons. The van der Waals surface area contributed by atoms with Crippen LogP contribution in [-0.4, -0.2) is 12.1 Å². The third kappa shape index (κ3) is 1.42. The lowest BCUT2D eigenvalue weighted by Gasteiger charge is -1.96. The fourth-order valence-corrected chi connectivity index (χ4v) is 1.53. The van der Waals surface area contributed by atoms with Gasteiger partial charge < -0.3 is 9.72 Å².